The fraction of sp³-hybridized carbons (Fsp3) is 0.217. The summed E-state index contributed by atoms with van der Waals surface area (Å²) >= 11 is 0. The lowest BCUT2D eigenvalue weighted by Crippen LogP contribution is -2.25. The Morgan fingerprint density at radius 1 is 1.18 bits per heavy atom. The Kier molecular flexibility index (Phi) is 4.49. The number of hydrogen-bond donors (Lipinski definition) is 1. The van der Waals surface area contributed by atoms with Gasteiger partial charge in [0.2, 0.25) is 11.7 Å². The van der Waals surface area contributed by atoms with Crippen LogP contribution in [0.4, 0.5) is 0 Å². The predicted octanol–water partition coefficient (Wildman–Crippen LogP) is 3.11. The Morgan fingerprint density at radius 2 is 2.03 bits per heavy atom. The van der Waals surface area contributed by atoms with Gasteiger partial charge in [-0.05, 0) is 38.0 Å². The summed E-state index contributed by atoms with van der Waals surface area (Å²) in [4.78, 5) is 16.5. The van der Waals surface area contributed by atoms with Gasteiger partial charge in [0.25, 0.3) is 5.91 Å². The summed E-state index contributed by atoms with van der Waals surface area (Å²) in [6, 6.07) is 13.3. The molecule has 6 rings (SSSR count). The van der Waals surface area contributed by atoms with Crippen molar-refractivity contribution < 1.29 is 14.1 Å². The van der Waals surface area contributed by atoms with Crippen molar-refractivity contribution in [2.24, 2.45) is 0 Å². The first kappa shape index (κ1) is 19.4. The number of carbonyl (C=O) groups is 1. The lowest BCUT2D eigenvalue weighted by atomic mass is 10.2. The van der Waals surface area contributed by atoms with Crippen LogP contribution in [0.5, 0.6) is 5.88 Å². The number of pyridine rings is 1. The molecule has 1 N–H and O–H groups in total. The highest BCUT2D eigenvalue weighted by molar-refractivity contribution is 5.97. The first-order chi connectivity index (χ1) is 16.2. The van der Waals surface area contributed by atoms with Gasteiger partial charge >= 0.3 is 0 Å². The first-order valence-electron chi connectivity index (χ1n) is 10.6. The Labute approximate surface area is 187 Å². The van der Waals surface area contributed by atoms with E-state index in [1.165, 1.54) is 0 Å². The molecule has 1 aliphatic rings. The number of ether oxygens (including phenoxy) is 1. The van der Waals surface area contributed by atoms with Gasteiger partial charge in [-0.15, -0.1) is 15.3 Å². The molecule has 0 atom stereocenters. The van der Waals surface area contributed by atoms with Crippen LogP contribution < -0.4 is 10.1 Å². The highest BCUT2D eigenvalue weighted by atomic mass is 16.5. The zero-order valence-corrected chi connectivity index (χ0v) is 17.7. The van der Waals surface area contributed by atoms with Gasteiger partial charge in [0.15, 0.2) is 11.3 Å². The highest BCUT2D eigenvalue weighted by Crippen LogP contribution is 2.29. The third-order valence-electron chi connectivity index (χ3n) is 5.44. The molecule has 10 heteroatoms. The second-order valence-corrected chi connectivity index (χ2v) is 8.01. The van der Waals surface area contributed by atoms with Gasteiger partial charge < -0.3 is 14.6 Å². The molecule has 1 fully saturated rings. The molecule has 33 heavy (non-hydrogen) atoms. The SMILES string of the molecule is Cc1cc(-c2nnc3c4ccccc4c(OCc4ccc(C(=O)NC5CC5)cn4)nn23)no1. The third kappa shape index (κ3) is 3.65. The van der Waals surface area contributed by atoms with Gasteiger partial charge in [0, 0.05) is 29.1 Å². The van der Waals surface area contributed by atoms with E-state index in [-0.39, 0.29) is 12.5 Å². The third-order valence-corrected chi connectivity index (χ3v) is 5.44. The van der Waals surface area contributed by atoms with Crippen LogP contribution in [0.3, 0.4) is 0 Å². The van der Waals surface area contributed by atoms with E-state index in [0.717, 1.165) is 23.6 Å². The molecule has 4 heterocycles. The molecule has 1 amide bonds. The number of aromatic nitrogens is 6. The highest BCUT2D eigenvalue weighted by Gasteiger charge is 2.24. The van der Waals surface area contributed by atoms with E-state index in [1.54, 1.807) is 28.9 Å². The summed E-state index contributed by atoms with van der Waals surface area (Å²) < 4.78 is 12.8. The number of fused-ring (bicyclic) bond motifs is 3. The smallest absolute Gasteiger partial charge is 0.253 e. The summed E-state index contributed by atoms with van der Waals surface area (Å²) in [5.74, 6) is 1.44. The van der Waals surface area contributed by atoms with Crippen LogP contribution in [0.2, 0.25) is 0 Å². The minimum Gasteiger partial charge on any atom is -0.470 e. The van der Waals surface area contributed by atoms with Gasteiger partial charge in [-0.3, -0.25) is 9.78 Å². The number of nitrogens with one attached hydrogen (secondary N) is 1. The van der Waals surface area contributed by atoms with Crippen molar-refractivity contribution in [2.75, 3.05) is 0 Å². The van der Waals surface area contributed by atoms with E-state index in [9.17, 15) is 4.79 Å². The summed E-state index contributed by atoms with van der Waals surface area (Å²) in [6.07, 6.45) is 3.65. The van der Waals surface area contributed by atoms with Crippen LogP contribution in [0.15, 0.2) is 53.2 Å². The molecule has 0 unspecified atom stereocenters. The van der Waals surface area contributed by atoms with Crippen molar-refractivity contribution in [3.63, 3.8) is 0 Å². The van der Waals surface area contributed by atoms with E-state index in [2.05, 4.69) is 30.8 Å². The molecular weight excluding hydrogens is 422 g/mol. The topological polar surface area (TPSA) is 120 Å². The van der Waals surface area contributed by atoms with E-state index in [0.29, 0.717) is 46.1 Å². The Morgan fingerprint density at radius 3 is 2.76 bits per heavy atom. The maximum absolute atomic E-state index is 12.2. The summed E-state index contributed by atoms with van der Waals surface area (Å²) in [5.41, 5.74) is 2.35. The fourth-order valence-electron chi connectivity index (χ4n) is 3.57. The number of hydrogen-bond acceptors (Lipinski definition) is 8. The standard InChI is InChI=1S/C23H19N7O3/c1-13-10-19(29-33-13)21-27-26-20-17-4-2-3-5-18(17)23(28-30(20)21)32-12-16-7-6-14(11-24-16)22(31)25-15-8-9-15/h2-7,10-11,15H,8-9,12H2,1H3,(H,25,31). The monoisotopic (exact) mass is 441 g/mol. The molecule has 0 spiro atoms. The molecule has 1 aliphatic carbocycles. The largest absolute Gasteiger partial charge is 0.470 e. The normalized spacial score (nSPS) is 13.5. The van der Waals surface area contributed by atoms with Crippen LogP contribution in [0, 0.1) is 6.92 Å². The number of carbonyl (C=O) groups excluding carboxylic acids is 1. The number of amides is 1. The summed E-state index contributed by atoms with van der Waals surface area (Å²) in [6.45, 7) is 2.00. The number of rotatable bonds is 6. The van der Waals surface area contributed by atoms with Gasteiger partial charge in [0.1, 0.15) is 12.4 Å². The molecule has 0 radical (unpaired) electrons. The Balaban J connectivity index is 1.31. The van der Waals surface area contributed by atoms with Crippen molar-refractivity contribution >= 4 is 22.3 Å². The predicted molar refractivity (Wildman–Crippen MR) is 118 cm³/mol. The van der Waals surface area contributed by atoms with Crippen LogP contribution in [-0.2, 0) is 6.61 Å². The van der Waals surface area contributed by atoms with Crippen molar-refractivity contribution in [1.29, 1.82) is 0 Å². The second-order valence-electron chi connectivity index (χ2n) is 8.01. The molecule has 10 nitrogen and oxygen atoms in total. The van der Waals surface area contributed by atoms with Crippen molar-refractivity contribution in [3.05, 3.63) is 65.7 Å². The number of aryl methyl sites for hydroxylation is 1. The maximum atomic E-state index is 12.2. The first-order valence-corrected chi connectivity index (χ1v) is 10.6. The van der Waals surface area contributed by atoms with Gasteiger partial charge in [-0.25, -0.2) is 0 Å². The average Bonchev–Trinajstić information content (AvgIpc) is 3.38. The number of nitrogens with zero attached hydrogens (tertiary/aromatic N) is 6. The van der Waals surface area contributed by atoms with Crippen LogP contribution in [0.1, 0.15) is 34.7 Å². The fourth-order valence-corrected chi connectivity index (χ4v) is 3.57. The molecule has 1 saturated carbocycles. The minimum atomic E-state index is -0.0983. The molecule has 164 valence electrons. The van der Waals surface area contributed by atoms with Crippen LogP contribution >= 0.6 is 0 Å². The number of benzene rings is 1. The zero-order chi connectivity index (χ0) is 22.4. The molecule has 4 aromatic heterocycles. The van der Waals surface area contributed by atoms with Gasteiger partial charge in [0.05, 0.1) is 11.3 Å². The molecule has 1 aromatic carbocycles. The lowest BCUT2D eigenvalue weighted by molar-refractivity contribution is 0.0950. The zero-order valence-electron chi connectivity index (χ0n) is 17.7. The van der Waals surface area contributed by atoms with Crippen molar-refractivity contribution in [3.8, 4) is 17.4 Å². The summed E-state index contributed by atoms with van der Waals surface area (Å²) in [5, 5.41) is 21.9. The van der Waals surface area contributed by atoms with Crippen molar-refractivity contribution in [1.82, 2.24) is 35.3 Å². The second kappa shape index (κ2) is 7.66. The van der Waals surface area contributed by atoms with Gasteiger partial charge in [-0.1, -0.05) is 23.4 Å². The molecule has 0 saturated heterocycles. The van der Waals surface area contributed by atoms with E-state index < -0.39 is 0 Å². The maximum Gasteiger partial charge on any atom is 0.253 e. The molecule has 0 aliphatic heterocycles. The lowest BCUT2D eigenvalue weighted by Gasteiger charge is -2.10. The quantitative estimate of drug-likeness (QED) is 0.427. The summed E-state index contributed by atoms with van der Waals surface area (Å²) in [7, 11) is 0. The molecule has 5 aromatic rings. The van der Waals surface area contributed by atoms with Crippen LogP contribution in [0.25, 0.3) is 27.9 Å². The van der Waals surface area contributed by atoms with Gasteiger partial charge in [-0.2, -0.15) is 4.52 Å². The average molecular weight is 441 g/mol. The minimum absolute atomic E-state index is 0.0983. The Bertz CT molecular complexity index is 1490. The van der Waals surface area contributed by atoms with E-state index in [1.807, 2.05) is 31.2 Å². The van der Waals surface area contributed by atoms with E-state index in [4.69, 9.17) is 9.26 Å². The van der Waals surface area contributed by atoms with E-state index >= 15 is 0 Å². The molecular formula is C23H19N7O3. The Hall–Kier alpha value is -4.34. The van der Waals surface area contributed by atoms with Crippen LogP contribution in [-0.4, -0.2) is 41.9 Å². The molecule has 0 bridgehead atoms. The van der Waals surface area contributed by atoms with Crippen molar-refractivity contribution in [2.45, 2.75) is 32.4 Å².